The first kappa shape index (κ1) is 13.9. The van der Waals surface area contributed by atoms with Crippen LogP contribution in [0.15, 0.2) is 24.3 Å². The second kappa shape index (κ2) is 4.85. The monoisotopic (exact) mass is 273 g/mol. The van der Waals surface area contributed by atoms with Crippen LogP contribution in [0.3, 0.4) is 0 Å². The summed E-state index contributed by atoms with van der Waals surface area (Å²) in [5.74, 6) is -0.884. The molecule has 0 aromatic heterocycles. The molecule has 1 fully saturated rings. The van der Waals surface area contributed by atoms with Gasteiger partial charge in [0.05, 0.1) is 5.56 Å². The van der Waals surface area contributed by atoms with Gasteiger partial charge in [-0.2, -0.15) is 0 Å². The van der Waals surface area contributed by atoms with Crippen molar-refractivity contribution in [2.75, 3.05) is 0 Å². The predicted molar refractivity (Wildman–Crippen MR) is 62.8 cm³/mol. The average Bonchev–Trinajstić information content (AvgIpc) is 2.25. The van der Waals surface area contributed by atoms with E-state index >= 15 is 0 Å². The zero-order valence-corrected chi connectivity index (χ0v) is 10.2. The third-order valence-corrected chi connectivity index (χ3v) is 3.28. The molecule has 0 amide bonds. The number of ketones is 1. The lowest BCUT2D eigenvalue weighted by Gasteiger charge is -2.37. The van der Waals surface area contributed by atoms with Crippen LogP contribution in [-0.4, -0.2) is 17.7 Å². The number of Topliss-reactive ketones (excluding diaryl/α,β-unsaturated/α-hetero) is 1. The van der Waals surface area contributed by atoms with E-state index < -0.39 is 23.4 Å². The molecular weight excluding hydrogens is 259 g/mol. The van der Waals surface area contributed by atoms with E-state index in [1.807, 2.05) is 0 Å². The van der Waals surface area contributed by atoms with Gasteiger partial charge in [0.25, 0.3) is 0 Å². The molecule has 1 aromatic rings. The third kappa shape index (κ3) is 3.47. The number of halogens is 3. The summed E-state index contributed by atoms with van der Waals surface area (Å²) in [6.45, 7) is 0. The summed E-state index contributed by atoms with van der Waals surface area (Å²) in [6, 6.07) is 5.34. The molecule has 19 heavy (non-hydrogen) atoms. The van der Waals surface area contributed by atoms with Crippen molar-refractivity contribution in [1.82, 2.24) is 0 Å². The van der Waals surface area contributed by atoms with Crippen molar-refractivity contribution < 1.29 is 22.7 Å². The molecule has 0 unspecified atom stereocenters. The summed E-state index contributed by atoms with van der Waals surface area (Å²) in [4.78, 5) is 12.0. The number of ether oxygens (including phenoxy) is 1. The highest BCUT2D eigenvalue weighted by Gasteiger charge is 2.37. The quantitative estimate of drug-likeness (QED) is 0.858. The summed E-state index contributed by atoms with van der Waals surface area (Å²) >= 11 is 0. The van der Waals surface area contributed by atoms with Crippen LogP contribution in [0.4, 0.5) is 13.2 Å². The second-order valence-corrected chi connectivity index (χ2v) is 4.86. The summed E-state index contributed by atoms with van der Waals surface area (Å²) in [5, 5.41) is 0. The summed E-state index contributed by atoms with van der Waals surface area (Å²) < 4.78 is 40.6. The highest BCUT2D eigenvalue weighted by atomic mass is 19.4. The number of hydrogen-bond acceptors (Lipinski definition) is 3. The van der Waals surface area contributed by atoms with Crippen LogP contribution in [0, 0.1) is 0 Å². The Morgan fingerprint density at radius 3 is 2.47 bits per heavy atom. The maximum Gasteiger partial charge on any atom is 0.573 e. The van der Waals surface area contributed by atoms with E-state index in [2.05, 4.69) is 4.74 Å². The Bertz CT molecular complexity index is 481. The molecular formula is C13H14F3NO2. The number of rotatable bonds is 4. The van der Waals surface area contributed by atoms with Gasteiger partial charge in [0.1, 0.15) is 5.75 Å². The molecule has 3 nitrogen and oxygen atoms in total. The molecule has 1 aliphatic rings. The molecule has 2 N–H and O–H groups in total. The summed E-state index contributed by atoms with van der Waals surface area (Å²) in [6.07, 6.45) is -2.37. The average molecular weight is 273 g/mol. The minimum Gasteiger partial charge on any atom is -0.405 e. The Hall–Kier alpha value is -1.56. The van der Waals surface area contributed by atoms with Gasteiger partial charge in [-0.15, -0.1) is 13.2 Å². The molecule has 0 saturated heterocycles. The zero-order valence-electron chi connectivity index (χ0n) is 10.2. The number of nitrogens with two attached hydrogens (primary N) is 1. The first-order valence-electron chi connectivity index (χ1n) is 5.96. The van der Waals surface area contributed by atoms with Gasteiger partial charge in [-0.3, -0.25) is 4.79 Å². The lowest BCUT2D eigenvalue weighted by Crippen LogP contribution is -2.48. The molecule has 1 aliphatic carbocycles. The smallest absolute Gasteiger partial charge is 0.405 e. The highest BCUT2D eigenvalue weighted by molar-refractivity contribution is 5.99. The molecule has 6 heteroatoms. The van der Waals surface area contributed by atoms with Crippen molar-refractivity contribution in [3.8, 4) is 5.75 Å². The van der Waals surface area contributed by atoms with Gasteiger partial charge in [-0.05, 0) is 31.4 Å². The maximum atomic E-state index is 12.2. The second-order valence-electron chi connectivity index (χ2n) is 4.86. The Labute approximate surface area is 108 Å². The van der Waals surface area contributed by atoms with Crippen molar-refractivity contribution in [3.05, 3.63) is 29.8 Å². The molecule has 104 valence electrons. The molecule has 0 radical (unpaired) electrons. The van der Waals surface area contributed by atoms with E-state index in [0.29, 0.717) is 0 Å². The van der Waals surface area contributed by atoms with Gasteiger partial charge in [-0.25, -0.2) is 0 Å². The minimum absolute atomic E-state index is 0.0469. The largest absolute Gasteiger partial charge is 0.573 e. The number of carbonyl (C=O) groups is 1. The molecule has 0 heterocycles. The van der Waals surface area contributed by atoms with Crippen molar-refractivity contribution in [3.63, 3.8) is 0 Å². The Balaban J connectivity index is 2.17. The first-order valence-corrected chi connectivity index (χ1v) is 5.96. The van der Waals surface area contributed by atoms with Crippen LogP contribution in [0.5, 0.6) is 5.75 Å². The van der Waals surface area contributed by atoms with E-state index in [9.17, 15) is 18.0 Å². The fourth-order valence-electron chi connectivity index (χ4n) is 2.13. The Morgan fingerprint density at radius 1 is 1.32 bits per heavy atom. The van der Waals surface area contributed by atoms with Crippen LogP contribution in [-0.2, 0) is 0 Å². The molecule has 0 aliphatic heterocycles. The molecule has 2 rings (SSSR count). The number of para-hydroxylation sites is 1. The number of carbonyl (C=O) groups excluding carboxylic acids is 1. The SMILES string of the molecule is NC1(CC(=O)c2ccccc2OC(F)(F)F)CCC1. The third-order valence-electron chi connectivity index (χ3n) is 3.28. The van der Waals surface area contributed by atoms with E-state index in [0.717, 1.165) is 25.3 Å². The Kier molecular flexibility index (Phi) is 3.54. The van der Waals surface area contributed by atoms with E-state index in [1.165, 1.54) is 18.2 Å². The summed E-state index contributed by atoms with van der Waals surface area (Å²) in [5.41, 5.74) is 5.29. The number of hydrogen-bond donors (Lipinski definition) is 1. The topological polar surface area (TPSA) is 52.3 Å². The highest BCUT2D eigenvalue weighted by Crippen LogP contribution is 2.35. The standard InChI is InChI=1S/C13H14F3NO2/c14-13(15,16)19-11-5-2-1-4-9(11)10(18)8-12(17)6-3-7-12/h1-2,4-5H,3,6-8,17H2. The molecule has 1 saturated carbocycles. The van der Waals surface area contributed by atoms with E-state index in [4.69, 9.17) is 5.73 Å². The zero-order chi connectivity index (χ0) is 14.1. The lowest BCUT2D eigenvalue weighted by atomic mass is 9.74. The van der Waals surface area contributed by atoms with E-state index in [-0.39, 0.29) is 12.0 Å². The molecule has 0 spiro atoms. The van der Waals surface area contributed by atoms with Crippen molar-refractivity contribution in [2.45, 2.75) is 37.6 Å². The molecule has 1 aromatic carbocycles. The molecule has 0 bridgehead atoms. The van der Waals surface area contributed by atoms with Gasteiger partial charge in [0.2, 0.25) is 0 Å². The molecule has 0 atom stereocenters. The predicted octanol–water partition coefficient (Wildman–Crippen LogP) is 3.04. The van der Waals surface area contributed by atoms with Crippen LogP contribution in [0.25, 0.3) is 0 Å². The van der Waals surface area contributed by atoms with Gasteiger partial charge >= 0.3 is 6.36 Å². The van der Waals surface area contributed by atoms with Crippen LogP contribution < -0.4 is 10.5 Å². The van der Waals surface area contributed by atoms with Gasteiger partial charge in [-0.1, -0.05) is 12.1 Å². The first-order chi connectivity index (χ1) is 8.79. The number of alkyl halides is 3. The van der Waals surface area contributed by atoms with Gasteiger partial charge in [0.15, 0.2) is 5.78 Å². The fourth-order valence-corrected chi connectivity index (χ4v) is 2.13. The van der Waals surface area contributed by atoms with E-state index in [1.54, 1.807) is 0 Å². The van der Waals surface area contributed by atoms with Crippen LogP contribution >= 0.6 is 0 Å². The van der Waals surface area contributed by atoms with Crippen molar-refractivity contribution in [1.29, 1.82) is 0 Å². The van der Waals surface area contributed by atoms with Crippen LogP contribution in [0.2, 0.25) is 0 Å². The van der Waals surface area contributed by atoms with Crippen molar-refractivity contribution in [2.24, 2.45) is 5.73 Å². The van der Waals surface area contributed by atoms with Gasteiger partial charge < -0.3 is 10.5 Å². The number of benzene rings is 1. The van der Waals surface area contributed by atoms with Gasteiger partial charge in [0, 0.05) is 12.0 Å². The minimum atomic E-state index is -4.81. The fraction of sp³-hybridized carbons (Fsp3) is 0.462. The Morgan fingerprint density at radius 2 is 1.95 bits per heavy atom. The summed E-state index contributed by atoms with van der Waals surface area (Å²) in [7, 11) is 0. The normalized spacial score (nSPS) is 17.7. The maximum absolute atomic E-state index is 12.2. The van der Waals surface area contributed by atoms with Crippen LogP contribution in [0.1, 0.15) is 36.0 Å². The van der Waals surface area contributed by atoms with Crippen molar-refractivity contribution >= 4 is 5.78 Å². The lowest BCUT2D eigenvalue weighted by molar-refractivity contribution is -0.274.